The summed E-state index contributed by atoms with van der Waals surface area (Å²) in [6.45, 7) is 0.327. The van der Waals surface area contributed by atoms with Gasteiger partial charge in [0.25, 0.3) is 0 Å². The van der Waals surface area contributed by atoms with Gasteiger partial charge in [0.1, 0.15) is 0 Å². The highest BCUT2D eigenvalue weighted by Gasteiger charge is 2.08. The number of rotatable bonds is 3. The van der Waals surface area contributed by atoms with E-state index in [9.17, 15) is 4.79 Å². The SMILES string of the molecule is N#CCC(=O)c1ccccc1CN. The van der Waals surface area contributed by atoms with E-state index in [1.165, 1.54) is 0 Å². The van der Waals surface area contributed by atoms with Crippen molar-refractivity contribution in [3.63, 3.8) is 0 Å². The van der Waals surface area contributed by atoms with E-state index in [2.05, 4.69) is 0 Å². The van der Waals surface area contributed by atoms with Gasteiger partial charge >= 0.3 is 0 Å². The fourth-order valence-corrected chi connectivity index (χ4v) is 1.14. The van der Waals surface area contributed by atoms with E-state index >= 15 is 0 Å². The molecule has 1 rings (SSSR count). The van der Waals surface area contributed by atoms with E-state index in [1.54, 1.807) is 18.2 Å². The molecular formula is C10H10N2O. The van der Waals surface area contributed by atoms with Crippen LogP contribution in [0, 0.1) is 11.3 Å². The second-order valence-corrected chi connectivity index (χ2v) is 2.62. The third kappa shape index (κ3) is 2.14. The molecule has 0 aliphatic carbocycles. The average Bonchev–Trinajstić information content (AvgIpc) is 2.18. The van der Waals surface area contributed by atoms with Crippen molar-refractivity contribution < 1.29 is 4.79 Å². The van der Waals surface area contributed by atoms with E-state index in [0.29, 0.717) is 12.1 Å². The minimum atomic E-state index is -0.163. The van der Waals surface area contributed by atoms with Gasteiger partial charge in [-0.05, 0) is 5.56 Å². The lowest BCUT2D eigenvalue weighted by Gasteiger charge is -2.03. The first kappa shape index (κ1) is 9.43. The Hall–Kier alpha value is -1.66. The van der Waals surface area contributed by atoms with Crippen molar-refractivity contribution >= 4 is 5.78 Å². The first-order chi connectivity index (χ1) is 6.29. The zero-order valence-corrected chi connectivity index (χ0v) is 7.16. The van der Waals surface area contributed by atoms with Gasteiger partial charge in [-0.1, -0.05) is 24.3 Å². The van der Waals surface area contributed by atoms with Gasteiger partial charge in [0.15, 0.2) is 5.78 Å². The molecule has 1 aromatic rings. The number of carbonyl (C=O) groups excluding carboxylic acids is 1. The first-order valence-electron chi connectivity index (χ1n) is 3.97. The molecule has 0 aliphatic heterocycles. The molecule has 0 fully saturated rings. The molecule has 0 aromatic heterocycles. The monoisotopic (exact) mass is 174 g/mol. The normalized spacial score (nSPS) is 9.23. The summed E-state index contributed by atoms with van der Waals surface area (Å²) in [4.78, 5) is 11.3. The Morgan fingerprint density at radius 3 is 2.77 bits per heavy atom. The lowest BCUT2D eigenvalue weighted by Crippen LogP contribution is -2.06. The predicted octanol–water partition coefficient (Wildman–Crippen LogP) is 1.24. The molecule has 0 saturated carbocycles. The molecule has 0 bridgehead atoms. The van der Waals surface area contributed by atoms with Gasteiger partial charge in [0.05, 0.1) is 12.5 Å². The highest BCUT2D eigenvalue weighted by atomic mass is 16.1. The van der Waals surface area contributed by atoms with E-state index in [-0.39, 0.29) is 12.2 Å². The summed E-state index contributed by atoms with van der Waals surface area (Å²) in [5, 5.41) is 8.36. The van der Waals surface area contributed by atoms with Crippen LogP contribution in [0.1, 0.15) is 22.3 Å². The van der Waals surface area contributed by atoms with Crippen molar-refractivity contribution in [2.45, 2.75) is 13.0 Å². The number of nitrogens with two attached hydrogens (primary N) is 1. The highest BCUT2D eigenvalue weighted by Crippen LogP contribution is 2.09. The minimum Gasteiger partial charge on any atom is -0.326 e. The molecular weight excluding hydrogens is 164 g/mol. The number of carbonyl (C=O) groups is 1. The summed E-state index contributed by atoms with van der Waals surface area (Å²) in [7, 11) is 0. The minimum absolute atomic E-state index is 0.0863. The molecule has 0 atom stereocenters. The maximum Gasteiger partial charge on any atom is 0.177 e. The van der Waals surface area contributed by atoms with Crippen LogP contribution in [0.5, 0.6) is 0 Å². The van der Waals surface area contributed by atoms with Crippen LogP contribution in [-0.2, 0) is 6.54 Å². The van der Waals surface area contributed by atoms with Crippen molar-refractivity contribution in [3.05, 3.63) is 35.4 Å². The Morgan fingerprint density at radius 2 is 2.15 bits per heavy atom. The van der Waals surface area contributed by atoms with Gasteiger partial charge in [-0.2, -0.15) is 5.26 Å². The molecule has 2 N–H and O–H groups in total. The Balaban J connectivity index is 3.00. The van der Waals surface area contributed by atoms with E-state index in [0.717, 1.165) is 5.56 Å². The zero-order chi connectivity index (χ0) is 9.68. The maximum atomic E-state index is 11.3. The van der Waals surface area contributed by atoms with Crippen LogP contribution in [0.4, 0.5) is 0 Å². The highest BCUT2D eigenvalue weighted by molar-refractivity contribution is 5.98. The fraction of sp³-hybridized carbons (Fsp3) is 0.200. The Morgan fingerprint density at radius 1 is 1.46 bits per heavy atom. The van der Waals surface area contributed by atoms with Crippen LogP contribution in [0.2, 0.25) is 0 Å². The van der Waals surface area contributed by atoms with E-state index in [4.69, 9.17) is 11.0 Å². The lowest BCUT2D eigenvalue weighted by atomic mass is 10.0. The van der Waals surface area contributed by atoms with Gasteiger partial charge in [-0.25, -0.2) is 0 Å². The molecule has 66 valence electrons. The first-order valence-corrected chi connectivity index (χ1v) is 3.97. The van der Waals surface area contributed by atoms with Crippen LogP contribution in [0.3, 0.4) is 0 Å². The number of nitrogens with zero attached hydrogens (tertiary/aromatic N) is 1. The van der Waals surface area contributed by atoms with Gasteiger partial charge in [0.2, 0.25) is 0 Å². The number of benzene rings is 1. The second kappa shape index (κ2) is 4.39. The molecule has 1 aromatic carbocycles. The number of hydrogen-bond donors (Lipinski definition) is 1. The molecule has 0 amide bonds. The standard InChI is InChI=1S/C10H10N2O/c11-6-5-10(13)9-4-2-1-3-8(9)7-12/h1-4H,5,7,12H2. The molecule has 0 heterocycles. The van der Waals surface area contributed by atoms with Crippen molar-refractivity contribution in [3.8, 4) is 6.07 Å². The predicted molar refractivity (Wildman–Crippen MR) is 48.9 cm³/mol. The number of Topliss-reactive ketones (excluding diaryl/α,β-unsaturated/α-hetero) is 1. The van der Waals surface area contributed by atoms with Crippen molar-refractivity contribution in [2.24, 2.45) is 5.73 Å². The Bertz CT molecular complexity index is 352. The summed E-state index contributed by atoms with van der Waals surface area (Å²) in [5.74, 6) is -0.163. The van der Waals surface area contributed by atoms with Crippen molar-refractivity contribution in [1.82, 2.24) is 0 Å². The average molecular weight is 174 g/mol. The van der Waals surface area contributed by atoms with E-state index < -0.39 is 0 Å². The number of ketones is 1. The largest absolute Gasteiger partial charge is 0.326 e. The zero-order valence-electron chi connectivity index (χ0n) is 7.16. The molecule has 13 heavy (non-hydrogen) atoms. The molecule has 0 radical (unpaired) electrons. The van der Waals surface area contributed by atoms with Crippen LogP contribution < -0.4 is 5.73 Å². The smallest absolute Gasteiger partial charge is 0.177 e. The number of nitriles is 1. The summed E-state index contributed by atoms with van der Waals surface area (Å²) in [6, 6.07) is 8.91. The van der Waals surface area contributed by atoms with Crippen LogP contribution in [-0.4, -0.2) is 5.78 Å². The molecule has 3 heteroatoms. The van der Waals surface area contributed by atoms with Crippen LogP contribution in [0.25, 0.3) is 0 Å². The van der Waals surface area contributed by atoms with Gasteiger partial charge in [0, 0.05) is 12.1 Å². The van der Waals surface area contributed by atoms with Crippen LogP contribution in [0.15, 0.2) is 24.3 Å². The van der Waals surface area contributed by atoms with Gasteiger partial charge < -0.3 is 5.73 Å². The summed E-state index contributed by atoms with van der Waals surface area (Å²) in [6.07, 6.45) is -0.0863. The molecule has 0 spiro atoms. The van der Waals surface area contributed by atoms with E-state index in [1.807, 2.05) is 12.1 Å². The summed E-state index contributed by atoms with van der Waals surface area (Å²) < 4.78 is 0. The second-order valence-electron chi connectivity index (χ2n) is 2.62. The van der Waals surface area contributed by atoms with Gasteiger partial charge in [-0.3, -0.25) is 4.79 Å². The summed E-state index contributed by atoms with van der Waals surface area (Å²) in [5.41, 5.74) is 6.81. The lowest BCUT2D eigenvalue weighted by molar-refractivity contribution is 0.0997. The Labute approximate surface area is 76.8 Å². The molecule has 0 aliphatic rings. The Kier molecular flexibility index (Phi) is 3.18. The molecule has 3 nitrogen and oxygen atoms in total. The number of hydrogen-bond acceptors (Lipinski definition) is 3. The van der Waals surface area contributed by atoms with Gasteiger partial charge in [-0.15, -0.1) is 0 Å². The molecule has 0 saturated heterocycles. The quantitative estimate of drug-likeness (QED) is 0.701. The topological polar surface area (TPSA) is 66.9 Å². The third-order valence-electron chi connectivity index (χ3n) is 1.78. The van der Waals surface area contributed by atoms with Crippen molar-refractivity contribution in [2.75, 3.05) is 0 Å². The maximum absolute atomic E-state index is 11.3. The third-order valence-corrected chi connectivity index (χ3v) is 1.78. The molecule has 0 unspecified atom stereocenters. The van der Waals surface area contributed by atoms with Crippen molar-refractivity contribution in [1.29, 1.82) is 5.26 Å². The summed E-state index contributed by atoms with van der Waals surface area (Å²) >= 11 is 0. The van der Waals surface area contributed by atoms with Crippen LogP contribution >= 0.6 is 0 Å². The fourth-order valence-electron chi connectivity index (χ4n) is 1.14.